The molecule has 2 rings (SSSR count). The molecule has 0 amide bonds. The quantitative estimate of drug-likeness (QED) is 0.893. The monoisotopic (exact) mass is 333 g/mol. The van der Waals surface area contributed by atoms with Crippen molar-refractivity contribution in [2.75, 3.05) is 12.4 Å². The van der Waals surface area contributed by atoms with Gasteiger partial charge in [-0.2, -0.15) is 0 Å². The molecule has 1 aromatic carbocycles. The lowest BCUT2D eigenvalue weighted by molar-refractivity contribution is 0.876. The molecule has 0 radical (unpaired) electrons. The summed E-state index contributed by atoms with van der Waals surface area (Å²) in [5.41, 5.74) is 4.56. The number of rotatable bonds is 4. The maximum absolute atomic E-state index is 4.69. The van der Waals surface area contributed by atoms with Crippen LogP contribution in [0.15, 0.2) is 22.7 Å². The van der Waals surface area contributed by atoms with E-state index >= 15 is 0 Å². The Morgan fingerprint density at radius 3 is 2.30 bits per heavy atom. The van der Waals surface area contributed by atoms with Crippen molar-refractivity contribution in [2.45, 2.75) is 33.6 Å². The third kappa shape index (κ3) is 3.18. The molecule has 0 aliphatic heterocycles. The highest BCUT2D eigenvalue weighted by molar-refractivity contribution is 9.10. The lowest BCUT2D eigenvalue weighted by atomic mass is 10.1. The molecule has 106 valence electrons. The summed E-state index contributed by atoms with van der Waals surface area (Å²) in [6.07, 6.45) is 2.05. The third-order valence-corrected chi connectivity index (χ3v) is 4.49. The molecule has 4 heteroatoms. The van der Waals surface area contributed by atoms with E-state index in [9.17, 15) is 0 Å². The van der Waals surface area contributed by atoms with Crippen LogP contribution in [0, 0.1) is 13.8 Å². The smallest absolute Gasteiger partial charge is 0.161 e. The van der Waals surface area contributed by atoms with E-state index in [4.69, 9.17) is 0 Å². The number of aromatic nitrogens is 2. The van der Waals surface area contributed by atoms with Crippen molar-refractivity contribution in [1.82, 2.24) is 9.97 Å². The van der Waals surface area contributed by atoms with Crippen LogP contribution in [0.5, 0.6) is 0 Å². The van der Waals surface area contributed by atoms with Crippen molar-refractivity contribution >= 4 is 21.7 Å². The summed E-state index contributed by atoms with van der Waals surface area (Å²) in [5, 5.41) is 3.12. The Kier molecular flexibility index (Phi) is 4.76. The lowest BCUT2D eigenvalue weighted by Gasteiger charge is -2.10. The van der Waals surface area contributed by atoms with Crippen LogP contribution in [0.1, 0.15) is 30.2 Å². The van der Waals surface area contributed by atoms with Crippen molar-refractivity contribution in [3.05, 3.63) is 39.5 Å². The molecule has 0 aliphatic carbocycles. The summed E-state index contributed by atoms with van der Waals surface area (Å²) in [6.45, 7) is 6.35. The summed E-state index contributed by atoms with van der Waals surface area (Å²) in [6, 6.07) is 6.27. The molecule has 0 spiro atoms. The van der Waals surface area contributed by atoms with Gasteiger partial charge in [-0.3, -0.25) is 0 Å². The van der Waals surface area contributed by atoms with Gasteiger partial charge in [-0.25, -0.2) is 9.97 Å². The van der Waals surface area contributed by atoms with Crippen molar-refractivity contribution < 1.29 is 0 Å². The van der Waals surface area contributed by atoms with Crippen molar-refractivity contribution in [3.8, 4) is 11.4 Å². The highest BCUT2D eigenvalue weighted by Crippen LogP contribution is 2.27. The van der Waals surface area contributed by atoms with Gasteiger partial charge >= 0.3 is 0 Å². The molecule has 20 heavy (non-hydrogen) atoms. The number of halogens is 1. The highest BCUT2D eigenvalue weighted by Gasteiger charge is 2.09. The fourth-order valence-electron chi connectivity index (χ4n) is 2.21. The molecule has 1 aromatic heterocycles. The van der Waals surface area contributed by atoms with E-state index < -0.39 is 0 Å². The zero-order valence-electron chi connectivity index (χ0n) is 12.4. The Hall–Kier alpha value is -1.42. The van der Waals surface area contributed by atoms with Crippen LogP contribution in [0.25, 0.3) is 11.4 Å². The molecule has 0 atom stereocenters. The summed E-state index contributed by atoms with van der Waals surface area (Å²) in [7, 11) is 1.89. The predicted octanol–water partition coefficient (Wildman–Crippen LogP) is 4.52. The number of benzene rings is 1. The van der Waals surface area contributed by atoms with Gasteiger partial charge in [0.05, 0.1) is 0 Å². The van der Waals surface area contributed by atoms with E-state index in [1.807, 2.05) is 13.1 Å². The third-order valence-electron chi connectivity index (χ3n) is 3.24. The summed E-state index contributed by atoms with van der Waals surface area (Å²) >= 11 is 3.60. The first kappa shape index (κ1) is 15.0. The van der Waals surface area contributed by atoms with Crippen LogP contribution >= 0.6 is 15.9 Å². The van der Waals surface area contributed by atoms with E-state index in [1.54, 1.807) is 0 Å². The van der Waals surface area contributed by atoms with Crippen LogP contribution in [-0.4, -0.2) is 17.0 Å². The lowest BCUT2D eigenvalue weighted by Crippen LogP contribution is -2.01. The van der Waals surface area contributed by atoms with Crippen LogP contribution < -0.4 is 5.32 Å². The molecule has 0 unspecified atom stereocenters. The van der Waals surface area contributed by atoms with E-state index in [0.717, 1.165) is 40.2 Å². The number of hydrogen-bond acceptors (Lipinski definition) is 3. The Balaban J connectivity index is 2.53. The van der Waals surface area contributed by atoms with Gasteiger partial charge in [0.1, 0.15) is 5.82 Å². The number of anilines is 1. The largest absolute Gasteiger partial charge is 0.373 e. The highest BCUT2D eigenvalue weighted by atomic mass is 79.9. The predicted molar refractivity (Wildman–Crippen MR) is 88.2 cm³/mol. The van der Waals surface area contributed by atoms with Gasteiger partial charge in [0.2, 0.25) is 0 Å². The Morgan fingerprint density at radius 2 is 1.75 bits per heavy atom. The zero-order chi connectivity index (χ0) is 14.7. The number of hydrogen-bond donors (Lipinski definition) is 1. The molecule has 1 N–H and O–H groups in total. The maximum atomic E-state index is 4.69. The molecule has 0 fully saturated rings. The normalized spacial score (nSPS) is 10.7. The van der Waals surface area contributed by atoms with Crippen LogP contribution in [-0.2, 0) is 6.42 Å². The number of nitrogens with zero attached hydrogens (tertiary/aromatic N) is 2. The van der Waals surface area contributed by atoms with Crippen LogP contribution in [0.2, 0.25) is 0 Å². The zero-order valence-corrected chi connectivity index (χ0v) is 14.0. The van der Waals surface area contributed by atoms with Gasteiger partial charge in [-0.1, -0.05) is 29.3 Å². The minimum absolute atomic E-state index is 0.791. The van der Waals surface area contributed by atoms with E-state index in [0.29, 0.717) is 0 Å². The Labute approximate surface area is 129 Å². The standard InChI is InChI=1S/C16H20BrN3/c1-5-6-13-9-14(18-4)20-16(19-13)12-7-10(2)15(17)11(3)8-12/h7-9H,5-6H2,1-4H3,(H,18,19,20). The SMILES string of the molecule is CCCc1cc(NC)nc(-c2cc(C)c(Br)c(C)c2)n1. The van der Waals surface area contributed by atoms with Gasteiger partial charge in [-0.05, 0) is 43.5 Å². The molecule has 2 aromatic rings. The number of nitrogens with one attached hydrogen (secondary N) is 1. The van der Waals surface area contributed by atoms with Crippen molar-refractivity contribution in [2.24, 2.45) is 0 Å². The first-order valence-electron chi connectivity index (χ1n) is 6.88. The second-order valence-corrected chi connectivity index (χ2v) is 5.79. The summed E-state index contributed by atoms with van der Waals surface area (Å²) in [5.74, 6) is 1.66. The second-order valence-electron chi connectivity index (χ2n) is 4.99. The van der Waals surface area contributed by atoms with Crippen molar-refractivity contribution in [1.29, 1.82) is 0 Å². The van der Waals surface area contributed by atoms with Crippen LogP contribution in [0.4, 0.5) is 5.82 Å². The number of aryl methyl sites for hydroxylation is 3. The summed E-state index contributed by atoms with van der Waals surface area (Å²) < 4.78 is 1.15. The molecule has 1 heterocycles. The van der Waals surface area contributed by atoms with Crippen molar-refractivity contribution in [3.63, 3.8) is 0 Å². The van der Waals surface area contributed by atoms with Gasteiger partial charge in [0, 0.05) is 28.8 Å². The van der Waals surface area contributed by atoms with Gasteiger partial charge in [0.25, 0.3) is 0 Å². The summed E-state index contributed by atoms with van der Waals surface area (Å²) in [4.78, 5) is 9.27. The molecular formula is C16H20BrN3. The minimum atomic E-state index is 0.791. The fourth-order valence-corrected chi connectivity index (χ4v) is 2.44. The van der Waals surface area contributed by atoms with Gasteiger partial charge in [-0.15, -0.1) is 0 Å². The van der Waals surface area contributed by atoms with E-state index in [-0.39, 0.29) is 0 Å². The van der Waals surface area contributed by atoms with Gasteiger partial charge in [0.15, 0.2) is 5.82 Å². The van der Waals surface area contributed by atoms with Gasteiger partial charge < -0.3 is 5.32 Å². The first-order valence-corrected chi connectivity index (χ1v) is 7.67. The maximum Gasteiger partial charge on any atom is 0.161 e. The average Bonchev–Trinajstić information content (AvgIpc) is 2.44. The minimum Gasteiger partial charge on any atom is -0.373 e. The molecule has 0 bridgehead atoms. The van der Waals surface area contributed by atoms with Crippen LogP contribution in [0.3, 0.4) is 0 Å². The molecule has 0 saturated heterocycles. The van der Waals surface area contributed by atoms with E-state index in [1.165, 1.54) is 11.1 Å². The molecule has 0 aliphatic rings. The molecule has 0 saturated carbocycles. The topological polar surface area (TPSA) is 37.8 Å². The fraction of sp³-hybridized carbons (Fsp3) is 0.375. The average molecular weight is 334 g/mol. The second kappa shape index (κ2) is 6.35. The Bertz CT molecular complexity index is 600. The molecular weight excluding hydrogens is 314 g/mol. The molecule has 3 nitrogen and oxygen atoms in total. The Morgan fingerprint density at radius 1 is 1.10 bits per heavy atom. The van der Waals surface area contributed by atoms with E-state index in [2.05, 4.69) is 64.1 Å². The first-order chi connectivity index (χ1) is 9.55.